The normalized spacial score (nSPS) is 15.2. The van der Waals surface area contributed by atoms with Gasteiger partial charge in [0.15, 0.2) is 0 Å². The van der Waals surface area contributed by atoms with Gasteiger partial charge in [0.1, 0.15) is 5.69 Å². The highest BCUT2D eigenvalue weighted by Crippen LogP contribution is 2.23. The van der Waals surface area contributed by atoms with Crippen LogP contribution in [0.15, 0.2) is 0 Å². The van der Waals surface area contributed by atoms with Crippen LogP contribution in [-0.2, 0) is 9.53 Å². The zero-order chi connectivity index (χ0) is 17.9. The number of likely N-dealkylation sites (tertiary alicyclic amines) is 1. The van der Waals surface area contributed by atoms with Gasteiger partial charge in [-0.15, -0.1) is 0 Å². The van der Waals surface area contributed by atoms with Gasteiger partial charge in [0.2, 0.25) is 5.91 Å². The van der Waals surface area contributed by atoms with Crippen molar-refractivity contribution >= 4 is 17.8 Å². The van der Waals surface area contributed by atoms with Crippen LogP contribution in [0.25, 0.3) is 0 Å². The van der Waals surface area contributed by atoms with Crippen molar-refractivity contribution in [3.63, 3.8) is 0 Å². The van der Waals surface area contributed by atoms with Crippen LogP contribution in [0, 0.1) is 19.8 Å². The maximum Gasteiger partial charge on any atom is 0.339 e. The topological polar surface area (TPSA) is 91.5 Å². The lowest BCUT2D eigenvalue weighted by molar-refractivity contribution is -0.126. The van der Waals surface area contributed by atoms with E-state index < -0.39 is 5.97 Å². The first-order chi connectivity index (χ1) is 11.4. The Kier molecular flexibility index (Phi) is 5.64. The smallest absolute Gasteiger partial charge is 0.339 e. The van der Waals surface area contributed by atoms with Crippen molar-refractivity contribution in [2.24, 2.45) is 5.92 Å². The van der Waals surface area contributed by atoms with Gasteiger partial charge in [-0.05, 0) is 39.2 Å². The van der Waals surface area contributed by atoms with Crippen molar-refractivity contribution in [2.75, 3.05) is 26.7 Å². The lowest BCUT2D eigenvalue weighted by atomic mass is 9.95. The number of piperidine rings is 1. The summed E-state index contributed by atoms with van der Waals surface area (Å²) >= 11 is 0. The maximum atomic E-state index is 12.7. The Morgan fingerprint density at radius 1 is 1.25 bits per heavy atom. The zero-order valence-electron chi connectivity index (χ0n) is 14.7. The molecule has 2 N–H and O–H groups in total. The van der Waals surface area contributed by atoms with Crippen LogP contribution >= 0.6 is 0 Å². The van der Waals surface area contributed by atoms with E-state index >= 15 is 0 Å². The summed E-state index contributed by atoms with van der Waals surface area (Å²) in [5.74, 6) is -0.564. The predicted octanol–water partition coefficient (Wildman–Crippen LogP) is 1.41. The fourth-order valence-corrected chi connectivity index (χ4v) is 3.19. The number of H-pyrrole nitrogens is 1. The highest BCUT2D eigenvalue weighted by Gasteiger charge is 2.30. The molecule has 2 rings (SSSR count). The second-order valence-electron chi connectivity index (χ2n) is 6.08. The number of nitrogens with one attached hydrogen (secondary N) is 2. The Labute approximate surface area is 141 Å². The number of aromatic amines is 1. The molecule has 0 saturated carbocycles. The summed E-state index contributed by atoms with van der Waals surface area (Å²) in [5.41, 5.74) is 2.07. The Bertz CT molecular complexity index is 643. The molecule has 1 aromatic rings. The lowest BCUT2D eigenvalue weighted by Crippen LogP contribution is -2.43. The molecule has 1 aliphatic heterocycles. The molecule has 2 amide bonds. The first kappa shape index (κ1) is 18.0. The Hall–Kier alpha value is -2.31. The number of esters is 1. The third-order valence-corrected chi connectivity index (χ3v) is 4.54. The van der Waals surface area contributed by atoms with Gasteiger partial charge in [0.25, 0.3) is 5.91 Å². The minimum Gasteiger partial charge on any atom is -0.465 e. The van der Waals surface area contributed by atoms with Crippen molar-refractivity contribution in [1.29, 1.82) is 0 Å². The molecule has 24 heavy (non-hydrogen) atoms. The highest BCUT2D eigenvalue weighted by molar-refractivity contribution is 6.00. The molecule has 0 spiro atoms. The van der Waals surface area contributed by atoms with Crippen LogP contribution in [0.2, 0.25) is 0 Å². The first-order valence-electron chi connectivity index (χ1n) is 8.25. The molecule has 1 saturated heterocycles. The Morgan fingerprint density at radius 2 is 1.88 bits per heavy atom. The van der Waals surface area contributed by atoms with Crippen LogP contribution in [-0.4, -0.2) is 54.4 Å². The number of ether oxygens (including phenoxy) is 1. The van der Waals surface area contributed by atoms with E-state index in [2.05, 4.69) is 10.3 Å². The molecule has 0 aliphatic carbocycles. The molecule has 7 nitrogen and oxygen atoms in total. The van der Waals surface area contributed by atoms with E-state index in [0.717, 1.165) is 0 Å². The van der Waals surface area contributed by atoms with Gasteiger partial charge < -0.3 is 19.9 Å². The number of nitrogens with zero attached hydrogens (tertiary/aromatic N) is 1. The number of hydrogen-bond acceptors (Lipinski definition) is 4. The molecule has 0 unspecified atom stereocenters. The van der Waals surface area contributed by atoms with Crippen LogP contribution in [0.4, 0.5) is 0 Å². The maximum absolute atomic E-state index is 12.7. The first-order valence-corrected chi connectivity index (χ1v) is 8.25. The van der Waals surface area contributed by atoms with Crippen LogP contribution in [0.1, 0.15) is 51.9 Å². The van der Waals surface area contributed by atoms with Crippen LogP contribution in [0.3, 0.4) is 0 Å². The number of carbonyl (C=O) groups excluding carboxylic acids is 3. The zero-order valence-corrected chi connectivity index (χ0v) is 14.7. The molecule has 1 aliphatic rings. The van der Waals surface area contributed by atoms with Gasteiger partial charge in [0.05, 0.1) is 12.7 Å². The van der Waals surface area contributed by atoms with Crippen LogP contribution < -0.4 is 5.32 Å². The molecule has 7 heteroatoms. The summed E-state index contributed by atoms with van der Waals surface area (Å²) in [6, 6.07) is 0. The molecular weight excluding hydrogens is 310 g/mol. The van der Waals surface area contributed by atoms with Gasteiger partial charge in [-0.25, -0.2) is 4.79 Å². The van der Waals surface area contributed by atoms with E-state index in [1.807, 2.05) is 6.92 Å². The van der Waals surface area contributed by atoms with E-state index in [4.69, 9.17) is 4.74 Å². The largest absolute Gasteiger partial charge is 0.465 e. The van der Waals surface area contributed by atoms with Gasteiger partial charge in [-0.3, -0.25) is 9.59 Å². The number of aromatic nitrogens is 1. The van der Waals surface area contributed by atoms with Gasteiger partial charge in [-0.2, -0.15) is 0 Å². The molecule has 0 aromatic carbocycles. The SMILES string of the molecule is CCNC(=O)C1CCN(C(=O)c2[nH]c(C)c(C(=O)OC)c2C)CC1. The monoisotopic (exact) mass is 335 g/mol. The fourth-order valence-electron chi connectivity index (χ4n) is 3.19. The van der Waals surface area contributed by atoms with E-state index in [0.29, 0.717) is 55.0 Å². The second-order valence-corrected chi connectivity index (χ2v) is 6.08. The van der Waals surface area contributed by atoms with Gasteiger partial charge >= 0.3 is 5.97 Å². The third kappa shape index (κ3) is 3.44. The summed E-state index contributed by atoms with van der Waals surface area (Å²) < 4.78 is 4.77. The number of aryl methyl sites for hydroxylation is 1. The summed E-state index contributed by atoms with van der Waals surface area (Å²) in [5, 5.41) is 2.83. The average Bonchev–Trinajstić information content (AvgIpc) is 2.88. The van der Waals surface area contributed by atoms with E-state index in [1.165, 1.54) is 7.11 Å². The Morgan fingerprint density at radius 3 is 2.42 bits per heavy atom. The van der Waals surface area contributed by atoms with E-state index in [-0.39, 0.29) is 17.7 Å². The summed E-state index contributed by atoms with van der Waals surface area (Å²) in [4.78, 5) is 41.2. The molecular formula is C17H25N3O4. The van der Waals surface area contributed by atoms with Gasteiger partial charge in [-0.1, -0.05) is 0 Å². The molecule has 2 heterocycles. The summed E-state index contributed by atoms with van der Waals surface area (Å²) in [6.07, 6.45) is 1.31. The average molecular weight is 335 g/mol. The summed E-state index contributed by atoms with van der Waals surface area (Å²) in [7, 11) is 1.32. The standard InChI is InChI=1S/C17H25N3O4/c1-5-18-15(21)12-6-8-20(9-7-12)16(22)14-10(2)13(11(3)19-14)17(23)24-4/h12,19H,5-9H2,1-4H3,(H,18,21). The lowest BCUT2D eigenvalue weighted by Gasteiger charge is -2.31. The van der Waals surface area contributed by atoms with Crippen molar-refractivity contribution < 1.29 is 19.1 Å². The van der Waals surface area contributed by atoms with E-state index in [1.54, 1.807) is 18.7 Å². The highest BCUT2D eigenvalue weighted by atomic mass is 16.5. The number of carbonyl (C=O) groups is 3. The second kappa shape index (κ2) is 7.51. The molecule has 0 atom stereocenters. The minimum absolute atomic E-state index is 0.0360. The van der Waals surface area contributed by atoms with Crippen molar-refractivity contribution in [3.8, 4) is 0 Å². The molecule has 0 bridgehead atoms. The number of methoxy groups -OCH3 is 1. The predicted molar refractivity (Wildman–Crippen MR) is 88.9 cm³/mol. The minimum atomic E-state index is -0.449. The van der Waals surface area contributed by atoms with Crippen molar-refractivity contribution in [1.82, 2.24) is 15.2 Å². The van der Waals surface area contributed by atoms with Gasteiger partial charge in [0, 0.05) is 31.2 Å². The molecule has 0 radical (unpaired) electrons. The van der Waals surface area contributed by atoms with E-state index in [9.17, 15) is 14.4 Å². The molecule has 132 valence electrons. The van der Waals surface area contributed by atoms with Crippen LogP contribution in [0.5, 0.6) is 0 Å². The molecule has 1 aromatic heterocycles. The number of amides is 2. The van der Waals surface area contributed by atoms with Crippen molar-refractivity contribution in [2.45, 2.75) is 33.6 Å². The number of hydrogen-bond donors (Lipinski definition) is 2. The van der Waals surface area contributed by atoms with Crippen molar-refractivity contribution in [3.05, 3.63) is 22.5 Å². The fraction of sp³-hybridized carbons (Fsp3) is 0.588. The number of rotatable bonds is 4. The Balaban J connectivity index is 2.09. The third-order valence-electron chi connectivity index (χ3n) is 4.54. The molecule has 1 fully saturated rings. The quantitative estimate of drug-likeness (QED) is 0.814. The summed E-state index contributed by atoms with van der Waals surface area (Å²) in [6.45, 7) is 7.07.